The average molecular weight is 648 g/mol. The van der Waals surface area contributed by atoms with E-state index in [1.54, 1.807) is 0 Å². The van der Waals surface area contributed by atoms with E-state index >= 15 is 0 Å². The van der Waals surface area contributed by atoms with Gasteiger partial charge >= 0.3 is 0 Å². The largest absolute Gasteiger partial charge is 0.309 e. The van der Waals surface area contributed by atoms with Crippen molar-refractivity contribution in [3.05, 3.63) is 176 Å². The van der Waals surface area contributed by atoms with Crippen molar-refractivity contribution in [2.45, 2.75) is 0 Å². The summed E-state index contributed by atoms with van der Waals surface area (Å²) in [5.74, 6) is 0. The lowest BCUT2D eigenvalue weighted by atomic mass is 10.1. The highest BCUT2D eigenvalue weighted by Crippen LogP contribution is 2.44. The predicted molar refractivity (Wildman–Crippen MR) is 215 cm³/mol. The van der Waals surface area contributed by atoms with Crippen LogP contribution in [-0.2, 0) is 0 Å². The number of benzene rings is 8. The van der Waals surface area contributed by atoms with E-state index in [2.05, 4.69) is 189 Å². The molecule has 0 unspecified atom stereocenters. The summed E-state index contributed by atoms with van der Waals surface area (Å²) in [6, 6.07) is 64.6. The number of aromatic nitrogens is 3. The van der Waals surface area contributed by atoms with E-state index in [-0.39, 0.29) is 0 Å². The lowest BCUT2D eigenvalue weighted by molar-refractivity contribution is 1.17. The molecule has 0 N–H and O–H groups in total. The van der Waals surface area contributed by atoms with Crippen LogP contribution < -0.4 is 0 Å². The molecule has 0 amide bonds. The number of hydrogen-bond donors (Lipinski definition) is 0. The first-order valence-electron chi connectivity index (χ1n) is 17.6. The predicted octanol–water partition coefficient (Wildman–Crippen LogP) is 12.7. The molecule has 0 aliphatic heterocycles. The molecule has 0 fully saturated rings. The number of para-hydroxylation sites is 4. The summed E-state index contributed by atoms with van der Waals surface area (Å²) in [6.07, 6.45) is 0. The van der Waals surface area contributed by atoms with Crippen LogP contribution in [0.4, 0.5) is 0 Å². The van der Waals surface area contributed by atoms with E-state index < -0.39 is 0 Å². The molecule has 0 bridgehead atoms. The van der Waals surface area contributed by atoms with Crippen molar-refractivity contribution in [3.63, 3.8) is 0 Å². The second-order valence-corrected chi connectivity index (χ2v) is 13.7. The van der Waals surface area contributed by atoms with Gasteiger partial charge in [-0.1, -0.05) is 127 Å². The van der Waals surface area contributed by atoms with Gasteiger partial charge in [-0.15, -0.1) is 0 Å². The fourth-order valence-corrected chi connectivity index (χ4v) is 9.07. The minimum absolute atomic E-state index is 1.16. The summed E-state index contributed by atoms with van der Waals surface area (Å²) in [6.45, 7) is 0. The Kier molecular flexibility index (Phi) is 5.23. The molecule has 12 aromatic rings. The Hall–Kier alpha value is -6.84. The van der Waals surface area contributed by atoms with Crippen LogP contribution in [0.2, 0.25) is 0 Å². The van der Waals surface area contributed by atoms with Crippen LogP contribution in [0.5, 0.6) is 0 Å². The van der Waals surface area contributed by atoms with Crippen LogP contribution in [0.15, 0.2) is 176 Å². The molecule has 51 heavy (non-hydrogen) atoms. The van der Waals surface area contributed by atoms with Crippen LogP contribution in [0, 0.1) is 0 Å². The van der Waals surface area contributed by atoms with Crippen LogP contribution in [0.3, 0.4) is 0 Å². The molecule has 0 aliphatic rings. The first-order valence-corrected chi connectivity index (χ1v) is 17.6. The fraction of sp³-hybridized carbons (Fsp3) is 0. The van der Waals surface area contributed by atoms with Gasteiger partial charge in [-0.3, -0.25) is 0 Å². The molecular weight excluding hydrogens is 619 g/mol. The van der Waals surface area contributed by atoms with Gasteiger partial charge in [-0.05, 0) is 59.7 Å². The van der Waals surface area contributed by atoms with Gasteiger partial charge in [0, 0.05) is 54.5 Å². The quantitative estimate of drug-likeness (QED) is 0.181. The standard InChI is InChI=1S/C48H29N3/c1-2-12-30(13-3-1)31-14-10-15-32(28-31)49-43-23-9-6-18-40(43)46-44(49)27-26-39-35-17-4-7-21-41(35)50(48(39)46)33-24-25-36-38-20-11-19-37-34-16-5-8-22-42(34)51(47(37)38)45(36)29-33/h1-29H. The molecule has 0 saturated carbocycles. The molecule has 4 aromatic heterocycles. The maximum absolute atomic E-state index is 2.51. The summed E-state index contributed by atoms with van der Waals surface area (Å²) in [5, 5.41) is 10.2. The molecule has 0 spiro atoms. The SMILES string of the molecule is c1ccc(-c2cccc(-n3c4ccccc4c4c3ccc3c5ccccc5n(-c5ccc6c7cccc8c9ccccc9n(c6c5)c87)c34)c2)cc1. The molecule has 0 saturated heterocycles. The second kappa shape index (κ2) is 9.87. The molecule has 8 aromatic carbocycles. The summed E-state index contributed by atoms with van der Waals surface area (Å²) < 4.78 is 7.44. The fourth-order valence-electron chi connectivity index (χ4n) is 9.07. The van der Waals surface area contributed by atoms with E-state index in [9.17, 15) is 0 Å². The molecule has 12 rings (SSSR count). The van der Waals surface area contributed by atoms with Crippen molar-refractivity contribution < 1.29 is 0 Å². The monoisotopic (exact) mass is 647 g/mol. The van der Waals surface area contributed by atoms with Crippen molar-refractivity contribution in [1.29, 1.82) is 0 Å². The third kappa shape index (κ3) is 3.52. The highest BCUT2D eigenvalue weighted by Gasteiger charge is 2.22. The van der Waals surface area contributed by atoms with Gasteiger partial charge in [0.25, 0.3) is 0 Å². The first-order chi connectivity index (χ1) is 25.3. The summed E-state index contributed by atoms with van der Waals surface area (Å²) in [4.78, 5) is 0. The Morgan fingerprint density at radius 3 is 1.63 bits per heavy atom. The van der Waals surface area contributed by atoms with Gasteiger partial charge in [-0.2, -0.15) is 0 Å². The third-order valence-electron chi connectivity index (χ3n) is 11.1. The van der Waals surface area contributed by atoms with Gasteiger partial charge in [0.1, 0.15) is 0 Å². The van der Waals surface area contributed by atoms with Crippen molar-refractivity contribution in [2.75, 3.05) is 0 Å². The second-order valence-electron chi connectivity index (χ2n) is 13.7. The van der Waals surface area contributed by atoms with E-state index in [0.717, 1.165) is 11.4 Å². The molecule has 0 aliphatic carbocycles. The van der Waals surface area contributed by atoms with Gasteiger partial charge < -0.3 is 13.5 Å². The third-order valence-corrected chi connectivity index (χ3v) is 11.1. The number of rotatable bonds is 3. The smallest absolute Gasteiger partial charge is 0.0641 e. The van der Waals surface area contributed by atoms with Gasteiger partial charge in [0.05, 0.1) is 38.6 Å². The minimum atomic E-state index is 1.16. The normalized spacial score (nSPS) is 12.3. The highest BCUT2D eigenvalue weighted by molar-refractivity contribution is 6.27. The summed E-state index contributed by atoms with van der Waals surface area (Å²) in [5.41, 5.74) is 13.4. The van der Waals surface area contributed by atoms with Crippen LogP contribution in [0.1, 0.15) is 0 Å². The Labute approximate surface area is 292 Å². The molecule has 236 valence electrons. The molecule has 4 heterocycles. The van der Waals surface area contributed by atoms with Crippen molar-refractivity contribution in [1.82, 2.24) is 13.5 Å². The number of hydrogen-bond acceptors (Lipinski definition) is 0. The number of fused-ring (bicyclic) bond motifs is 13. The molecule has 3 nitrogen and oxygen atoms in total. The Morgan fingerprint density at radius 1 is 0.275 bits per heavy atom. The maximum atomic E-state index is 2.51. The topological polar surface area (TPSA) is 14.3 Å². The van der Waals surface area contributed by atoms with E-state index in [1.807, 2.05) is 0 Å². The van der Waals surface area contributed by atoms with Crippen LogP contribution in [-0.4, -0.2) is 13.5 Å². The Morgan fingerprint density at radius 2 is 0.824 bits per heavy atom. The van der Waals surface area contributed by atoms with Crippen molar-refractivity contribution in [3.8, 4) is 22.5 Å². The summed E-state index contributed by atoms with van der Waals surface area (Å²) in [7, 11) is 0. The maximum Gasteiger partial charge on any atom is 0.0641 e. The zero-order chi connectivity index (χ0) is 33.2. The Bertz CT molecular complexity index is 3360. The van der Waals surface area contributed by atoms with Gasteiger partial charge in [0.2, 0.25) is 0 Å². The van der Waals surface area contributed by atoms with E-state index in [1.165, 1.54) is 92.8 Å². The molecular formula is C48H29N3. The minimum Gasteiger partial charge on any atom is -0.309 e. The highest BCUT2D eigenvalue weighted by atomic mass is 15.0. The van der Waals surface area contributed by atoms with Gasteiger partial charge in [0.15, 0.2) is 0 Å². The molecule has 0 atom stereocenters. The van der Waals surface area contributed by atoms with Crippen molar-refractivity contribution >= 4 is 81.7 Å². The van der Waals surface area contributed by atoms with Crippen LogP contribution in [0.25, 0.3) is 104 Å². The zero-order valence-electron chi connectivity index (χ0n) is 27.6. The lowest BCUT2D eigenvalue weighted by Gasteiger charge is -2.12. The van der Waals surface area contributed by atoms with E-state index in [4.69, 9.17) is 0 Å². The average Bonchev–Trinajstić information content (AvgIpc) is 3.92. The lowest BCUT2D eigenvalue weighted by Crippen LogP contribution is -1.96. The molecule has 3 heteroatoms. The van der Waals surface area contributed by atoms with Crippen LogP contribution >= 0.6 is 0 Å². The van der Waals surface area contributed by atoms with E-state index in [0.29, 0.717) is 0 Å². The first kappa shape index (κ1) is 27.0. The zero-order valence-corrected chi connectivity index (χ0v) is 27.6. The molecule has 0 radical (unpaired) electrons. The Balaban J connectivity index is 1.21. The van der Waals surface area contributed by atoms with Crippen molar-refractivity contribution in [2.24, 2.45) is 0 Å². The number of nitrogens with zero attached hydrogens (tertiary/aromatic N) is 3. The summed E-state index contributed by atoms with van der Waals surface area (Å²) >= 11 is 0. The van der Waals surface area contributed by atoms with Gasteiger partial charge in [-0.25, -0.2) is 0 Å².